The van der Waals surface area contributed by atoms with E-state index < -0.39 is 0 Å². The lowest BCUT2D eigenvalue weighted by Crippen LogP contribution is -2.28. The second-order valence-electron chi connectivity index (χ2n) is 5.52. The predicted molar refractivity (Wildman–Crippen MR) is 85.6 cm³/mol. The molecule has 4 nitrogen and oxygen atoms in total. The smallest absolute Gasteiger partial charge is 0.114 e. The van der Waals surface area contributed by atoms with Crippen LogP contribution in [0.15, 0.2) is 29.4 Å². The first kappa shape index (κ1) is 16.0. The first-order chi connectivity index (χ1) is 10.3. The fraction of sp³-hybridized carbons (Fsp3) is 0.588. The number of aliphatic hydroxyl groups excluding tert-OH is 1. The molecule has 1 fully saturated rings. The van der Waals surface area contributed by atoms with Crippen LogP contribution < -0.4 is 5.32 Å². The number of nitrogens with one attached hydrogen (secondary N) is 1. The highest BCUT2D eigenvalue weighted by atomic mass is 16.6. The molecule has 1 aromatic carbocycles. The summed E-state index contributed by atoms with van der Waals surface area (Å²) in [4.78, 5) is 5.12. The second-order valence-corrected chi connectivity index (χ2v) is 5.52. The van der Waals surface area contributed by atoms with Crippen molar-refractivity contribution in [3.05, 3.63) is 35.4 Å². The zero-order valence-corrected chi connectivity index (χ0v) is 12.8. The molecule has 1 aromatic rings. The van der Waals surface area contributed by atoms with Gasteiger partial charge >= 0.3 is 0 Å². The minimum absolute atomic E-state index is 0.0860. The number of rotatable bonds is 7. The van der Waals surface area contributed by atoms with Crippen LogP contribution in [-0.2, 0) is 11.3 Å². The van der Waals surface area contributed by atoms with Gasteiger partial charge in [0.15, 0.2) is 0 Å². The number of piperidine rings is 1. The molecule has 0 spiro atoms. The molecule has 0 radical (unpaired) electrons. The topological polar surface area (TPSA) is 53.9 Å². The summed E-state index contributed by atoms with van der Waals surface area (Å²) in [6.07, 6.45) is 4.21. The van der Waals surface area contributed by atoms with Crippen molar-refractivity contribution in [2.24, 2.45) is 11.1 Å². The van der Waals surface area contributed by atoms with E-state index in [4.69, 9.17) is 9.94 Å². The van der Waals surface area contributed by atoms with Crippen molar-refractivity contribution < 1.29 is 9.94 Å². The van der Waals surface area contributed by atoms with Gasteiger partial charge in [-0.1, -0.05) is 29.4 Å². The lowest BCUT2D eigenvalue weighted by molar-refractivity contribution is 0.157. The first-order valence-corrected chi connectivity index (χ1v) is 7.93. The Morgan fingerprint density at radius 1 is 1.29 bits per heavy atom. The van der Waals surface area contributed by atoms with E-state index in [1.807, 2.05) is 6.92 Å². The first-order valence-electron chi connectivity index (χ1n) is 7.93. The molecule has 0 amide bonds. The highest BCUT2D eigenvalue weighted by molar-refractivity contribution is 6.00. The van der Waals surface area contributed by atoms with Crippen molar-refractivity contribution in [2.75, 3.05) is 26.3 Å². The molecule has 1 aliphatic heterocycles. The van der Waals surface area contributed by atoms with Crippen molar-refractivity contribution in [1.82, 2.24) is 5.32 Å². The van der Waals surface area contributed by atoms with Crippen molar-refractivity contribution in [1.29, 1.82) is 0 Å². The molecule has 0 aromatic heterocycles. The van der Waals surface area contributed by atoms with Crippen LogP contribution in [0.4, 0.5) is 0 Å². The summed E-state index contributed by atoms with van der Waals surface area (Å²) >= 11 is 0. The average Bonchev–Trinajstić information content (AvgIpc) is 2.53. The second kappa shape index (κ2) is 8.80. The molecule has 1 saturated heterocycles. The zero-order valence-electron chi connectivity index (χ0n) is 12.8. The van der Waals surface area contributed by atoms with Crippen LogP contribution in [0, 0.1) is 5.92 Å². The van der Waals surface area contributed by atoms with E-state index >= 15 is 0 Å². The highest BCUT2D eigenvalue weighted by Gasteiger charge is 2.13. The Labute approximate surface area is 127 Å². The molecule has 0 aliphatic carbocycles. The number of benzene rings is 1. The Bertz CT molecular complexity index is 437. The standard InChI is InChI=1S/C17H26N2O2/c1-2-21-19-17(9-12-20)16-5-3-14(4-6-16)13-15-7-10-18-11-8-15/h3-6,15,18,20H,2,7-13H2,1H3. The molecule has 0 saturated carbocycles. The van der Waals surface area contributed by atoms with Crippen LogP contribution in [-0.4, -0.2) is 37.1 Å². The Hall–Kier alpha value is -1.39. The van der Waals surface area contributed by atoms with E-state index in [0.29, 0.717) is 13.0 Å². The molecule has 2 rings (SSSR count). The summed E-state index contributed by atoms with van der Waals surface area (Å²) in [7, 11) is 0. The normalized spacial score (nSPS) is 17.0. The molecular formula is C17H26N2O2. The molecule has 4 heteroatoms. The van der Waals surface area contributed by atoms with Crippen molar-refractivity contribution >= 4 is 5.71 Å². The lowest BCUT2D eigenvalue weighted by atomic mass is 9.90. The number of hydrogen-bond acceptors (Lipinski definition) is 4. The van der Waals surface area contributed by atoms with Gasteiger partial charge in [-0.05, 0) is 56.3 Å². The summed E-state index contributed by atoms with van der Waals surface area (Å²) in [5.41, 5.74) is 3.23. The third kappa shape index (κ3) is 5.14. The van der Waals surface area contributed by atoms with Crippen LogP contribution in [0.1, 0.15) is 37.3 Å². The SMILES string of the molecule is CCON=C(CCO)c1ccc(CC2CCNCC2)cc1. The molecule has 0 bridgehead atoms. The molecule has 1 heterocycles. The highest BCUT2D eigenvalue weighted by Crippen LogP contribution is 2.18. The van der Waals surface area contributed by atoms with Gasteiger partial charge in [-0.25, -0.2) is 0 Å². The average molecular weight is 290 g/mol. The van der Waals surface area contributed by atoms with Crippen molar-refractivity contribution in [3.63, 3.8) is 0 Å². The quantitative estimate of drug-likeness (QED) is 0.599. The molecule has 0 atom stereocenters. The lowest BCUT2D eigenvalue weighted by Gasteiger charge is -2.22. The van der Waals surface area contributed by atoms with E-state index in [-0.39, 0.29) is 6.61 Å². The van der Waals surface area contributed by atoms with Gasteiger partial charge in [-0.3, -0.25) is 0 Å². The number of nitrogens with zero attached hydrogens (tertiary/aromatic N) is 1. The summed E-state index contributed by atoms with van der Waals surface area (Å²) in [5.74, 6) is 0.797. The Morgan fingerprint density at radius 3 is 2.62 bits per heavy atom. The minimum atomic E-state index is 0.0860. The van der Waals surface area contributed by atoms with Crippen LogP contribution >= 0.6 is 0 Å². The maximum Gasteiger partial charge on any atom is 0.114 e. The summed E-state index contributed by atoms with van der Waals surface area (Å²) in [6, 6.07) is 8.53. The molecular weight excluding hydrogens is 264 g/mol. The van der Waals surface area contributed by atoms with Crippen LogP contribution in [0.25, 0.3) is 0 Å². The van der Waals surface area contributed by atoms with Gasteiger partial charge in [-0.2, -0.15) is 0 Å². The maximum absolute atomic E-state index is 9.13. The van der Waals surface area contributed by atoms with Gasteiger partial charge < -0.3 is 15.3 Å². The summed E-state index contributed by atoms with van der Waals surface area (Å²) in [5, 5.41) is 16.6. The molecule has 116 valence electrons. The molecule has 0 unspecified atom stereocenters. The minimum Gasteiger partial charge on any atom is -0.396 e. The van der Waals surface area contributed by atoms with Crippen LogP contribution in [0.5, 0.6) is 0 Å². The summed E-state index contributed by atoms with van der Waals surface area (Å²) < 4.78 is 0. The maximum atomic E-state index is 9.13. The van der Waals surface area contributed by atoms with E-state index in [0.717, 1.165) is 36.7 Å². The van der Waals surface area contributed by atoms with E-state index in [1.165, 1.54) is 18.4 Å². The third-order valence-corrected chi connectivity index (χ3v) is 3.92. The Balaban J connectivity index is 1.99. The zero-order chi connectivity index (χ0) is 14.9. The molecule has 21 heavy (non-hydrogen) atoms. The van der Waals surface area contributed by atoms with Crippen LogP contribution in [0.2, 0.25) is 0 Å². The molecule has 2 N–H and O–H groups in total. The number of oxime groups is 1. The molecule has 1 aliphatic rings. The van der Waals surface area contributed by atoms with Gasteiger partial charge in [0.1, 0.15) is 6.61 Å². The summed E-state index contributed by atoms with van der Waals surface area (Å²) in [6.45, 7) is 4.82. The van der Waals surface area contributed by atoms with E-state index in [9.17, 15) is 0 Å². The predicted octanol–water partition coefficient (Wildman–Crippen LogP) is 2.35. The van der Waals surface area contributed by atoms with Gasteiger partial charge in [0.25, 0.3) is 0 Å². The van der Waals surface area contributed by atoms with Crippen molar-refractivity contribution in [2.45, 2.75) is 32.6 Å². The fourth-order valence-corrected chi connectivity index (χ4v) is 2.74. The Morgan fingerprint density at radius 2 is 2.00 bits per heavy atom. The Kier molecular flexibility index (Phi) is 6.70. The van der Waals surface area contributed by atoms with Gasteiger partial charge in [-0.15, -0.1) is 0 Å². The van der Waals surface area contributed by atoms with Gasteiger partial charge in [0, 0.05) is 13.0 Å². The van der Waals surface area contributed by atoms with E-state index in [1.54, 1.807) is 0 Å². The van der Waals surface area contributed by atoms with Crippen LogP contribution in [0.3, 0.4) is 0 Å². The third-order valence-electron chi connectivity index (χ3n) is 3.92. The van der Waals surface area contributed by atoms with Crippen molar-refractivity contribution in [3.8, 4) is 0 Å². The largest absolute Gasteiger partial charge is 0.396 e. The monoisotopic (exact) mass is 290 g/mol. The fourth-order valence-electron chi connectivity index (χ4n) is 2.74. The van der Waals surface area contributed by atoms with Gasteiger partial charge in [0.05, 0.1) is 5.71 Å². The van der Waals surface area contributed by atoms with Gasteiger partial charge in [0.2, 0.25) is 0 Å². The number of hydrogen-bond donors (Lipinski definition) is 2. The number of aliphatic hydroxyl groups is 1. The van der Waals surface area contributed by atoms with E-state index in [2.05, 4.69) is 34.7 Å².